The Morgan fingerprint density at radius 2 is 2.08 bits per heavy atom. The summed E-state index contributed by atoms with van der Waals surface area (Å²) in [6.45, 7) is 7.09. The van der Waals surface area contributed by atoms with E-state index in [2.05, 4.69) is 36.1 Å². The number of nitrogens with zero attached hydrogens (tertiary/aromatic N) is 2. The molecule has 1 aromatic rings. The fourth-order valence-corrected chi connectivity index (χ4v) is 4.40. The van der Waals surface area contributed by atoms with Crippen LogP contribution in [0.2, 0.25) is 0 Å². The quantitative estimate of drug-likeness (QED) is 0.846. The average molecular weight is 328 g/mol. The molecule has 0 unspecified atom stereocenters. The molecule has 4 heteroatoms. The Kier molecular flexibility index (Phi) is 4.70. The van der Waals surface area contributed by atoms with Gasteiger partial charge in [0.05, 0.1) is 12.3 Å². The first-order chi connectivity index (χ1) is 11.8. The van der Waals surface area contributed by atoms with Crippen LogP contribution in [0.25, 0.3) is 0 Å². The van der Waals surface area contributed by atoms with Crippen molar-refractivity contribution in [1.29, 1.82) is 0 Å². The lowest BCUT2D eigenvalue weighted by atomic mass is 9.71. The molecule has 0 aromatic heterocycles. The number of benzene rings is 1. The van der Waals surface area contributed by atoms with E-state index < -0.39 is 0 Å². The number of rotatable bonds is 4. The number of hydrogen-bond acceptors (Lipinski definition) is 4. The highest BCUT2D eigenvalue weighted by atomic mass is 16.7. The van der Waals surface area contributed by atoms with Gasteiger partial charge in [-0.05, 0) is 63.7 Å². The third-order valence-electron chi connectivity index (χ3n) is 5.96. The topological polar surface area (TPSA) is 34.1 Å². The molecular weight excluding hydrogens is 300 g/mol. The maximum Gasteiger partial charge on any atom is 0.157 e. The van der Waals surface area contributed by atoms with Gasteiger partial charge in [-0.2, -0.15) is 0 Å². The van der Waals surface area contributed by atoms with Crippen LogP contribution < -0.4 is 0 Å². The van der Waals surface area contributed by atoms with E-state index in [-0.39, 0.29) is 11.7 Å². The van der Waals surface area contributed by atoms with Crippen molar-refractivity contribution in [3.63, 3.8) is 0 Å². The van der Waals surface area contributed by atoms with Crippen LogP contribution >= 0.6 is 0 Å². The summed E-state index contributed by atoms with van der Waals surface area (Å²) in [4.78, 5) is 7.36. The predicted molar refractivity (Wildman–Crippen MR) is 96.1 cm³/mol. The lowest BCUT2D eigenvalue weighted by molar-refractivity contribution is -0.164. The van der Waals surface area contributed by atoms with Gasteiger partial charge in [0.1, 0.15) is 0 Å². The van der Waals surface area contributed by atoms with Gasteiger partial charge in [0.25, 0.3) is 0 Å². The molecule has 4 nitrogen and oxygen atoms in total. The van der Waals surface area contributed by atoms with Crippen molar-refractivity contribution in [2.45, 2.75) is 50.7 Å². The van der Waals surface area contributed by atoms with E-state index >= 15 is 0 Å². The lowest BCUT2D eigenvalue weighted by Crippen LogP contribution is -2.46. The third kappa shape index (κ3) is 3.03. The van der Waals surface area contributed by atoms with Crippen LogP contribution in [0.5, 0.6) is 0 Å². The molecule has 0 aliphatic carbocycles. The van der Waals surface area contributed by atoms with Gasteiger partial charge >= 0.3 is 0 Å². The van der Waals surface area contributed by atoms with Gasteiger partial charge in [-0.15, -0.1) is 0 Å². The Balaban J connectivity index is 1.30. The van der Waals surface area contributed by atoms with E-state index in [1.807, 2.05) is 0 Å². The zero-order chi connectivity index (χ0) is 16.4. The van der Waals surface area contributed by atoms with E-state index in [0.717, 1.165) is 39.3 Å². The number of likely N-dealkylation sites (tertiary alicyclic amines) is 1. The van der Waals surface area contributed by atoms with Crippen molar-refractivity contribution in [3.8, 4) is 0 Å². The van der Waals surface area contributed by atoms with Gasteiger partial charge in [0, 0.05) is 24.3 Å². The monoisotopic (exact) mass is 328 g/mol. The van der Waals surface area contributed by atoms with Crippen LogP contribution in [-0.4, -0.2) is 49.7 Å². The number of ether oxygens (including phenoxy) is 2. The van der Waals surface area contributed by atoms with E-state index in [0.29, 0.717) is 0 Å². The molecule has 0 saturated carbocycles. The van der Waals surface area contributed by atoms with Gasteiger partial charge in [-0.25, -0.2) is 0 Å². The first-order valence-electron chi connectivity index (χ1n) is 9.39. The van der Waals surface area contributed by atoms with Gasteiger partial charge in [-0.1, -0.05) is 18.2 Å². The predicted octanol–water partition coefficient (Wildman–Crippen LogP) is 3.67. The molecule has 2 saturated heterocycles. The number of aliphatic imine (C=N–C) groups is 1. The van der Waals surface area contributed by atoms with Crippen LogP contribution in [0.1, 0.15) is 44.6 Å². The van der Waals surface area contributed by atoms with Gasteiger partial charge in [0.15, 0.2) is 6.29 Å². The summed E-state index contributed by atoms with van der Waals surface area (Å²) in [5.74, 6) is 0. The van der Waals surface area contributed by atoms with Gasteiger partial charge in [-0.3, -0.25) is 4.99 Å². The van der Waals surface area contributed by atoms with Crippen molar-refractivity contribution in [1.82, 2.24) is 4.90 Å². The van der Waals surface area contributed by atoms with Crippen molar-refractivity contribution < 1.29 is 9.47 Å². The highest BCUT2D eigenvalue weighted by molar-refractivity contribution is 6.00. The average Bonchev–Trinajstić information content (AvgIpc) is 2.90. The SMILES string of the molecule is CC1=Nc2ccccc2C12CCN(CCO[C@@H]1CCCCO1)CC2. The molecule has 0 amide bonds. The fourth-order valence-electron chi connectivity index (χ4n) is 4.40. The maximum atomic E-state index is 5.89. The highest BCUT2D eigenvalue weighted by Crippen LogP contribution is 2.46. The molecule has 24 heavy (non-hydrogen) atoms. The Hall–Kier alpha value is -1.23. The van der Waals surface area contributed by atoms with Crippen molar-refractivity contribution in [2.75, 3.05) is 32.8 Å². The molecule has 0 bridgehead atoms. The maximum absolute atomic E-state index is 5.89. The Morgan fingerprint density at radius 1 is 1.25 bits per heavy atom. The number of para-hydroxylation sites is 1. The van der Waals surface area contributed by atoms with Crippen LogP contribution in [0.4, 0.5) is 5.69 Å². The lowest BCUT2D eigenvalue weighted by Gasteiger charge is -2.40. The number of hydrogen-bond donors (Lipinski definition) is 0. The van der Waals surface area contributed by atoms with Gasteiger partial charge in [0.2, 0.25) is 0 Å². The van der Waals surface area contributed by atoms with Crippen LogP contribution in [0.15, 0.2) is 29.3 Å². The van der Waals surface area contributed by atoms with Crippen LogP contribution in [0.3, 0.4) is 0 Å². The second kappa shape index (κ2) is 6.95. The molecule has 3 aliphatic heterocycles. The summed E-state index contributed by atoms with van der Waals surface area (Å²) >= 11 is 0. The Bertz CT molecular complexity index is 599. The van der Waals surface area contributed by atoms with E-state index in [1.165, 1.54) is 42.6 Å². The molecule has 3 aliphatic rings. The molecule has 2 fully saturated rings. The van der Waals surface area contributed by atoms with Crippen LogP contribution in [-0.2, 0) is 14.9 Å². The normalized spacial score (nSPS) is 26.4. The molecular formula is C20H28N2O2. The second-order valence-electron chi connectivity index (χ2n) is 7.31. The zero-order valence-corrected chi connectivity index (χ0v) is 14.7. The summed E-state index contributed by atoms with van der Waals surface area (Å²) in [6.07, 6.45) is 5.82. The molecule has 130 valence electrons. The smallest absolute Gasteiger partial charge is 0.157 e. The minimum Gasteiger partial charge on any atom is -0.353 e. The second-order valence-corrected chi connectivity index (χ2v) is 7.31. The Labute approximate surface area is 144 Å². The molecule has 4 rings (SSSR count). The summed E-state index contributed by atoms with van der Waals surface area (Å²) in [6, 6.07) is 8.67. The van der Waals surface area contributed by atoms with Crippen molar-refractivity contribution >= 4 is 11.4 Å². The molecule has 3 heterocycles. The molecule has 1 aromatic carbocycles. The largest absolute Gasteiger partial charge is 0.353 e. The summed E-state index contributed by atoms with van der Waals surface area (Å²) in [5, 5.41) is 0. The van der Waals surface area contributed by atoms with E-state index in [4.69, 9.17) is 14.5 Å². The molecule has 0 N–H and O–H groups in total. The van der Waals surface area contributed by atoms with Crippen molar-refractivity contribution in [3.05, 3.63) is 29.8 Å². The van der Waals surface area contributed by atoms with Crippen molar-refractivity contribution in [2.24, 2.45) is 4.99 Å². The Morgan fingerprint density at radius 3 is 2.88 bits per heavy atom. The molecule has 0 radical (unpaired) electrons. The summed E-state index contributed by atoms with van der Waals surface area (Å²) in [5.41, 5.74) is 4.10. The fraction of sp³-hybridized carbons (Fsp3) is 0.650. The standard InChI is InChI=1S/C20H28N2O2/c1-16-20(17-6-2-3-7-18(17)21-16)9-11-22(12-10-20)13-15-24-19-8-4-5-14-23-19/h2-3,6-7,19H,4-5,8-15H2,1H3/t19-/m1/s1. The highest BCUT2D eigenvalue weighted by Gasteiger charge is 2.43. The minimum absolute atomic E-state index is 0.0333. The minimum atomic E-state index is 0.0333. The molecule has 1 spiro atoms. The summed E-state index contributed by atoms with van der Waals surface area (Å²) in [7, 11) is 0. The first kappa shape index (κ1) is 16.2. The number of piperidine rings is 1. The molecule has 1 atom stereocenters. The summed E-state index contributed by atoms with van der Waals surface area (Å²) < 4.78 is 11.5. The van der Waals surface area contributed by atoms with Crippen LogP contribution in [0, 0.1) is 0 Å². The first-order valence-corrected chi connectivity index (χ1v) is 9.39. The van der Waals surface area contributed by atoms with E-state index in [1.54, 1.807) is 0 Å². The number of fused-ring (bicyclic) bond motifs is 2. The van der Waals surface area contributed by atoms with Gasteiger partial charge < -0.3 is 14.4 Å². The van der Waals surface area contributed by atoms with E-state index in [9.17, 15) is 0 Å². The third-order valence-corrected chi connectivity index (χ3v) is 5.96. The zero-order valence-electron chi connectivity index (χ0n) is 14.7.